The van der Waals surface area contributed by atoms with Gasteiger partial charge in [-0.2, -0.15) is 0 Å². The Bertz CT molecular complexity index is 1260. The lowest BCUT2D eigenvalue weighted by molar-refractivity contribution is 0.0977. The number of phenolic OH excluding ortho intramolecular Hbond substituents is 1. The summed E-state index contributed by atoms with van der Waals surface area (Å²) in [7, 11) is 0. The van der Waals surface area contributed by atoms with Crippen molar-refractivity contribution < 1.29 is 14.3 Å². The Labute approximate surface area is 178 Å². The number of phenols is 1. The molecular formula is C23H19N3O3S. The van der Waals surface area contributed by atoms with E-state index >= 15 is 0 Å². The zero-order chi connectivity index (χ0) is 21.3. The number of hydrogen-bond acceptors (Lipinski definition) is 5. The molecule has 7 heteroatoms. The number of oxazole rings is 1. The second-order valence-electron chi connectivity index (χ2n) is 7.00. The molecule has 0 aliphatic carbocycles. The number of hydrogen-bond donors (Lipinski definition) is 3. The summed E-state index contributed by atoms with van der Waals surface area (Å²) in [4.78, 5) is 16.8. The number of nitrogens with one attached hydrogen (secondary N) is 2. The SMILES string of the molecule is Cc1ccc(C(=O)NC(=S)Nc2ccc(O)c(-c3nc4cc(C)ccc4o3)c2)cc1. The van der Waals surface area contributed by atoms with Crippen LogP contribution in [0.5, 0.6) is 5.75 Å². The van der Waals surface area contributed by atoms with Crippen LogP contribution >= 0.6 is 12.2 Å². The minimum Gasteiger partial charge on any atom is -0.507 e. The fourth-order valence-electron chi connectivity index (χ4n) is 2.98. The number of carbonyl (C=O) groups is 1. The zero-order valence-electron chi connectivity index (χ0n) is 16.4. The van der Waals surface area contributed by atoms with E-state index in [0.717, 1.165) is 11.1 Å². The Morgan fingerprint density at radius 2 is 1.73 bits per heavy atom. The molecule has 1 amide bonds. The molecule has 0 bridgehead atoms. The summed E-state index contributed by atoms with van der Waals surface area (Å²) in [5, 5.41) is 16.0. The topological polar surface area (TPSA) is 87.4 Å². The summed E-state index contributed by atoms with van der Waals surface area (Å²) >= 11 is 5.25. The molecule has 0 radical (unpaired) electrons. The lowest BCUT2D eigenvalue weighted by Crippen LogP contribution is -2.34. The first-order valence-electron chi connectivity index (χ1n) is 9.28. The van der Waals surface area contributed by atoms with Crippen molar-refractivity contribution in [3.05, 3.63) is 77.4 Å². The molecule has 0 spiro atoms. The van der Waals surface area contributed by atoms with Crippen LogP contribution in [0.2, 0.25) is 0 Å². The first kappa shape index (κ1) is 19.6. The molecule has 4 aromatic rings. The van der Waals surface area contributed by atoms with Gasteiger partial charge in [0.1, 0.15) is 11.3 Å². The standard InChI is InChI=1S/C23H19N3O3S/c1-13-3-6-15(7-4-13)21(28)26-23(30)24-16-8-9-19(27)17(12-16)22-25-18-11-14(2)5-10-20(18)29-22/h3-12,27H,1-2H3,(H2,24,26,28,30). The molecule has 0 atom stereocenters. The van der Waals surface area contributed by atoms with E-state index in [2.05, 4.69) is 15.6 Å². The van der Waals surface area contributed by atoms with Gasteiger partial charge < -0.3 is 14.8 Å². The average Bonchev–Trinajstić information content (AvgIpc) is 3.12. The van der Waals surface area contributed by atoms with Gasteiger partial charge in [-0.15, -0.1) is 0 Å². The molecular weight excluding hydrogens is 398 g/mol. The van der Waals surface area contributed by atoms with E-state index in [-0.39, 0.29) is 16.8 Å². The molecule has 0 fully saturated rings. The quantitative estimate of drug-likeness (QED) is 0.323. The maximum Gasteiger partial charge on any atom is 0.257 e. The van der Waals surface area contributed by atoms with Crippen molar-refractivity contribution >= 4 is 40.0 Å². The van der Waals surface area contributed by atoms with Crippen molar-refractivity contribution in [2.75, 3.05) is 5.32 Å². The van der Waals surface area contributed by atoms with Crippen LogP contribution in [0.1, 0.15) is 21.5 Å². The average molecular weight is 417 g/mol. The van der Waals surface area contributed by atoms with Crippen LogP contribution in [0.4, 0.5) is 5.69 Å². The number of benzene rings is 3. The molecule has 1 heterocycles. The highest BCUT2D eigenvalue weighted by molar-refractivity contribution is 7.80. The third kappa shape index (κ3) is 4.16. The molecule has 30 heavy (non-hydrogen) atoms. The van der Waals surface area contributed by atoms with Crippen LogP contribution < -0.4 is 10.6 Å². The lowest BCUT2D eigenvalue weighted by Gasteiger charge is -2.11. The summed E-state index contributed by atoms with van der Waals surface area (Å²) in [6.07, 6.45) is 0. The number of nitrogens with zero attached hydrogens (tertiary/aromatic N) is 1. The molecule has 3 aromatic carbocycles. The fraction of sp³-hybridized carbons (Fsp3) is 0.0870. The molecule has 0 saturated carbocycles. The summed E-state index contributed by atoms with van der Waals surface area (Å²) in [5.74, 6) is 0.0191. The van der Waals surface area contributed by atoms with Crippen LogP contribution in [0.25, 0.3) is 22.6 Å². The maximum atomic E-state index is 12.3. The number of anilines is 1. The van der Waals surface area contributed by atoms with Crippen LogP contribution in [0.3, 0.4) is 0 Å². The maximum absolute atomic E-state index is 12.3. The highest BCUT2D eigenvalue weighted by Crippen LogP contribution is 2.33. The van der Waals surface area contributed by atoms with E-state index in [0.29, 0.717) is 33.8 Å². The number of rotatable bonds is 3. The van der Waals surface area contributed by atoms with Gasteiger partial charge in [0, 0.05) is 11.3 Å². The van der Waals surface area contributed by atoms with E-state index in [1.54, 1.807) is 24.3 Å². The summed E-state index contributed by atoms with van der Waals surface area (Å²) in [6, 6.07) is 17.7. The van der Waals surface area contributed by atoms with E-state index in [1.807, 2.05) is 44.2 Å². The lowest BCUT2D eigenvalue weighted by atomic mass is 10.1. The van der Waals surface area contributed by atoms with Crippen LogP contribution in [0.15, 0.2) is 65.1 Å². The smallest absolute Gasteiger partial charge is 0.257 e. The van der Waals surface area contributed by atoms with E-state index < -0.39 is 0 Å². The summed E-state index contributed by atoms with van der Waals surface area (Å²) in [5.41, 5.74) is 4.99. The Morgan fingerprint density at radius 1 is 1.00 bits per heavy atom. The molecule has 0 aliphatic heterocycles. The number of thiocarbonyl (C=S) groups is 1. The number of carbonyl (C=O) groups excluding carboxylic acids is 1. The number of aromatic hydroxyl groups is 1. The van der Waals surface area contributed by atoms with Crippen molar-refractivity contribution in [1.82, 2.24) is 10.3 Å². The minimum atomic E-state index is -0.305. The Hall–Kier alpha value is -3.71. The van der Waals surface area contributed by atoms with Gasteiger partial charge in [0.25, 0.3) is 5.91 Å². The van der Waals surface area contributed by atoms with Gasteiger partial charge in [0.2, 0.25) is 5.89 Å². The van der Waals surface area contributed by atoms with Gasteiger partial charge >= 0.3 is 0 Å². The number of fused-ring (bicyclic) bond motifs is 1. The number of aromatic nitrogens is 1. The van der Waals surface area contributed by atoms with Gasteiger partial charge in [-0.05, 0) is 74.1 Å². The van der Waals surface area contributed by atoms with Crippen LogP contribution in [0, 0.1) is 13.8 Å². The van der Waals surface area contributed by atoms with Crippen molar-refractivity contribution in [1.29, 1.82) is 0 Å². The zero-order valence-corrected chi connectivity index (χ0v) is 17.2. The van der Waals surface area contributed by atoms with E-state index in [4.69, 9.17) is 16.6 Å². The third-order valence-corrected chi connectivity index (χ3v) is 4.77. The highest BCUT2D eigenvalue weighted by Gasteiger charge is 2.14. The second-order valence-corrected chi connectivity index (χ2v) is 7.40. The van der Waals surface area contributed by atoms with Gasteiger partial charge in [-0.1, -0.05) is 23.8 Å². The van der Waals surface area contributed by atoms with Crippen LogP contribution in [-0.2, 0) is 0 Å². The Kier molecular flexibility index (Phi) is 5.20. The first-order chi connectivity index (χ1) is 14.4. The molecule has 1 aromatic heterocycles. The van der Waals surface area contributed by atoms with Gasteiger partial charge in [-0.25, -0.2) is 4.98 Å². The molecule has 0 unspecified atom stereocenters. The normalized spacial score (nSPS) is 10.7. The molecule has 150 valence electrons. The van der Waals surface area contributed by atoms with Gasteiger partial charge in [-0.3, -0.25) is 10.1 Å². The van der Waals surface area contributed by atoms with E-state index in [1.165, 1.54) is 6.07 Å². The first-order valence-corrected chi connectivity index (χ1v) is 9.69. The molecule has 0 aliphatic rings. The molecule has 4 rings (SSSR count). The van der Waals surface area contributed by atoms with E-state index in [9.17, 15) is 9.90 Å². The van der Waals surface area contributed by atoms with Crippen molar-refractivity contribution in [3.63, 3.8) is 0 Å². The summed E-state index contributed by atoms with van der Waals surface area (Å²) < 4.78 is 5.78. The van der Waals surface area contributed by atoms with Crippen molar-refractivity contribution in [2.24, 2.45) is 0 Å². The number of aryl methyl sites for hydroxylation is 2. The molecule has 3 N–H and O–H groups in total. The fourth-order valence-corrected chi connectivity index (χ4v) is 3.19. The van der Waals surface area contributed by atoms with Crippen molar-refractivity contribution in [3.8, 4) is 17.2 Å². The third-order valence-electron chi connectivity index (χ3n) is 4.57. The second kappa shape index (κ2) is 7.96. The highest BCUT2D eigenvalue weighted by atomic mass is 32.1. The largest absolute Gasteiger partial charge is 0.507 e. The number of amides is 1. The predicted octanol–water partition coefficient (Wildman–Crippen LogP) is 4.94. The minimum absolute atomic E-state index is 0.0263. The predicted molar refractivity (Wildman–Crippen MR) is 121 cm³/mol. The Balaban J connectivity index is 1.53. The Morgan fingerprint density at radius 3 is 2.50 bits per heavy atom. The molecule has 6 nitrogen and oxygen atoms in total. The summed E-state index contributed by atoms with van der Waals surface area (Å²) in [6.45, 7) is 3.93. The monoisotopic (exact) mass is 417 g/mol. The molecule has 0 saturated heterocycles. The van der Waals surface area contributed by atoms with Gasteiger partial charge in [0.15, 0.2) is 10.7 Å². The van der Waals surface area contributed by atoms with Gasteiger partial charge in [0.05, 0.1) is 5.56 Å². The van der Waals surface area contributed by atoms with Crippen LogP contribution in [-0.4, -0.2) is 21.1 Å². The van der Waals surface area contributed by atoms with Crippen molar-refractivity contribution in [2.45, 2.75) is 13.8 Å².